The third-order valence-corrected chi connectivity index (χ3v) is 3.56. The summed E-state index contributed by atoms with van der Waals surface area (Å²) >= 11 is 0. The van der Waals surface area contributed by atoms with E-state index in [0.717, 1.165) is 17.7 Å². The number of nitrogens with two attached hydrogens (primary N) is 1. The first kappa shape index (κ1) is 15.1. The van der Waals surface area contributed by atoms with Crippen molar-refractivity contribution in [2.75, 3.05) is 5.73 Å². The molecule has 21 heavy (non-hydrogen) atoms. The predicted molar refractivity (Wildman–Crippen MR) is 84.1 cm³/mol. The largest absolute Gasteiger partial charge is 0.395 e. The lowest BCUT2D eigenvalue weighted by Crippen LogP contribution is -2.24. The summed E-state index contributed by atoms with van der Waals surface area (Å²) in [5.74, 6) is -0.0403. The van der Waals surface area contributed by atoms with Crippen LogP contribution < -0.4 is 11.1 Å². The fourth-order valence-corrected chi connectivity index (χ4v) is 2.31. The third-order valence-electron chi connectivity index (χ3n) is 3.56. The molecule has 4 N–H and O–H groups in total. The fraction of sp³-hybridized carbons (Fsp3) is 0.375. The summed E-state index contributed by atoms with van der Waals surface area (Å²) in [6, 6.07) is 8.07. The number of rotatable bonds is 5. The lowest BCUT2D eigenvalue weighted by atomic mass is 10.1. The molecule has 2 aromatic rings. The van der Waals surface area contributed by atoms with Crippen LogP contribution in [-0.4, -0.2) is 16.1 Å². The molecule has 5 heteroatoms. The van der Waals surface area contributed by atoms with Gasteiger partial charge in [0.1, 0.15) is 0 Å². The molecule has 0 unspecified atom stereocenters. The zero-order chi connectivity index (χ0) is 15.4. The summed E-state index contributed by atoms with van der Waals surface area (Å²) in [6.07, 6.45) is 0.939. The van der Waals surface area contributed by atoms with Crippen molar-refractivity contribution in [3.63, 3.8) is 0 Å². The summed E-state index contributed by atoms with van der Waals surface area (Å²) < 4.78 is 0. The second-order valence-corrected chi connectivity index (χ2v) is 5.36. The Balaban J connectivity index is 2.09. The van der Waals surface area contributed by atoms with E-state index >= 15 is 0 Å². The van der Waals surface area contributed by atoms with Gasteiger partial charge in [0.15, 0.2) is 5.69 Å². The van der Waals surface area contributed by atoms with Crippen LogP contribution in [0.15, 0.2) is 24.3 Å². The molecule has 0 saturated heterocycles. The SMILES string of the molecule is CCc1ccccc1CNC(=O)c1n[nH]c(C(C)C)c1N. The van der Waals surface area contributed by atoms with Crippen LogP contribution in [0.5, 0.6) is 0 Å². The minimum atomic E-state index is -0.249. The van der Waals surface area contributed by atoms with Gasteiger partial charge in [-0.15, -0.1) is 0 Å². The maximum absolute atomic E-state index is 12.2. The molecule has 0 aliphatic carbocycles. The first-order valence-corrected chi connectivity index (χ1v) is 7.23. The van der Waals surface area contributed by atoms with Crippen LogP contribution in [0.1, 0.15) is 54.0 Å². The molecule has 1 heterocycles. The number of hydrogen-bond acceptors (Lipinski definition) is 3. The molecule has 0 atom stereocenters. The van der Waals surface area contributed by atoms with Crippen molar-refractivity contribution in [1.29, 1.82) is 0 Å². The van der Waals surface area contributed by atoms with Gasteiger partial charge in [0.05, 0.1) is 11.4 Å². The number of benzene rings is 1. The number of anilines is 1. The maximum Gasteiger partial charge on any atom is 0.274 e. The zero-order valence-corrected chi connectivity index (χ0v) is 12.7. The highest BCUT2D eigenvalue weighted by Crippen LogP contribution is 2.22. The Kier molecular flexibility index (Phi) is 4.62. The molecule has 1 amide bonds. The lowest BCUT2D eigenvalue weighted by molar-refractivity contribution is 0.0946. The molecular weight excluding hydrogens is 264 g/mol. The van der Waals surface area contributed by atoms with E-state index in [1.54, 1.807) is 0 Å². The number of hydrogen-bond donors (Lipinski definition) is 3. The first-order chi connectivity index (χ1) is 10.0. The molecule has 0 fully saturated rings. The van der Waals surface area contributed by atoms with Crippen molar-refractivity contribution < 1.29 is 4.79 Å². The van der Waals surface area contributed by atoms with Gasteiger partial charge in [0.25, 0.3) is 5.91 Å². The minimum absolute atomic E-state index is 0.208. The van der Waals surface area contributed by atoms with Crippen LogP contribution in [-0.2, 0) is 13.0 Å². The van der Waals surface area contributed by atoms with Crippen molar-refractivity contribution in [3.05, 3.63) is 46.8 Å². The Hall–Kier alpha value is -2.30. The number of nitrogens with one attached hydrogen (secondary N) is 2. The van der Waals surface area contributed by atoms with E-state index in [0.29, 0.717) is 12.2 Å². The number of nitrogens with zero attached hydrogens (tertiary/aromatic N) is 1. The molecule has 5 nitrogen and oxygen atoms in total. The van der Waals surface area contributed by atoms with Crippen molar-refractivity contribution in [1.82, 2.24) is 15.5 Å². The van der Waals surface area contributed by atoms with Crippen molar-refractivity contribution in [2.45, 2.75) is 39.7 Å². The molecule has 0 spiro atoms. The van der Waals surface area contributed by atoms with Gasteiger partial charge in [-0.2, -0.15) is 5.10 Å². The average Bonchev–Trinajstić information content (AvgIpc) is 2.87. The number of nitrogen functional groups attached to an aromatic ring is 1. The van der Waals surface area contributed by atoms with E-state index in [9.17, 15) is 4.79 Å². The monoisotopic (exact) mass is 286 g/mol. The molecule has 1 aromatic carbocycles. The summed E-state index contributed by atoms with van der Waals surface area (Å²) in [7, 11) is 0. The van der Waals surface area contributed by atoms with Crippen LogP contribution in [0.2, 0.25) is 0 Å². The number of H-pyrrole nitrogens is 1. The van der Waals surface area contributed by atoms with Crippen LogP contribution in [0.25, 0.3) is 0 Å². The van der Waals surface area contributed by atoms with Gasteiger partial charge in [-0.1, -0.05) is 45.0 Å². The molecule has 0 radical (unpaired) electrons. The van der Waals surface area contributed by atoms with E-state index in [-0.39, 0.29) is 17.5 Å². The van der Waals surface area contributed by atoms with Crippen molar-refractivity contribution in [2.24, 2.45) is 0 Å². The summed E-state index contributed by atoms with van der Waals surface area (Å²) in [5, 5.41) is 9.75. The summed E-state index contributed by atoms with van der Waals surface area (Å²) in [4.78, 5) is 12.2. The smallest absolute Gasteiger partial charge is 0.274 e. The molecule has 112 valence electrons. The maximum atomic E-state index is 12.2. The highest BCUT2D eigenvalue weighted by Gasteiger charge is 2.18. The molecule has 0 aliphatic heterocycles. The number of aromatic amines is 1. The topological polar surface area (TPSA) is 83.8 Å². The van der Waals surface area contributed by atoms with Crippen LogP contribution in [0.3, 0.4) is 0 Å². The van der Waals surface area contributed by atoms with Gasteiger partial charge in [0, 0.05) is 6.54 Å². The summed E-state index contributed by atoms with van der Waals surface area (Å²) in [5.41, 5.74) is 9.83. The zero-order valence-electron chi connectivity index (χ0n) is 12.7. The van der Waals surface area contributed by atoms with Crippen LogP contribution >= 0.6 is 0 Å². The van der Waals surface area contributed by atoms with Gasteiger partial charge in [-0.3, -0.25) is 9.89 Å². The van der Waals surface area contributed by atoms with E-state index in [4.69, 9.17) is 5.73 Å². The van der Waals surface area contributed by atoms with Gasteiger partial charge in [0.2, 0.25) is 0 Å². The number of carbonyl (C=O) groups excluding carboxylic acids is 1. The number of aryl methyl sites for hydroxylation is 1. The van der Waals surface area contributed by atoms with Crippen molar-refractivity contribution >= 4 is 11.6 Å². The Labute approximate surface area is 124 Å². The third kappa shape index (κ3) is 3.24. The van der Waals surface area contributed by atoms with E-state index < -0.39 is 0 Å². The Bertz CT molecular complexity index is 631. The Morgan fingerprint density at radius 3 is 2.57 bits per heavy atom. The van der Waals surface area contributed by atoms with Gasteiger partial charge >= 0.3 is 0 Å². The van der Waals surface area contributed by atoms with Gasteiger partial charge in [-0.05, 0) is 23.5 Å². The van der Waals surface area contributed by atoms with Crippen LogP contribution in [0.4, 0.5) is 5.69 Å². The number of aromatic nitrogens is 2. The molecular formula is C16H22N4O. The lowest BCUT2D eigenvalue weighted by Gasteiger charge is -2.09. The van der Waals surface area contributed by atoms with E-state index in [1.165, 1.54) is 5.56 Å². The predicted octanol–water partition coefficient (Wildman–Crippen LogP) is 2.61. The number of amides is 1. The normalized spacial score (nSPS) is 10.9. The minimum Gasteiger partial charge on any atom is -0.395 e. The van der Waals surface area contributed by atoms with Crippen LogP contribution in [0, 0.1) is 0 Å². The molecule has 2 rings (SSSR count). The standard InChI is InChI=1S/C16H22N4O/c1-4-11-7-5-6-8-12(11)9-18-16(21)15-13(17)14(10(2)3)19-20-15/h5-8,10H,4,9,17H2,1-3H3,(H,18,21)(H,19,20). The van der Waals surface area contributed by atoms with E-state index in [1.807, 2.05) is 32.0 Å². The fourth-order valence-electron chi connectivity index (χ4n) is 2.31. The summed E-state index contributed by atoms with van der Waals surface area (Å²) in [6.45, 7) is 6.58. The Morgan fingerprint density at radius 2 is 2.00 bits per heavy atom. The second-order valence-electron chi connectivity index (χ2n) is 5.36. The highest BCUT2D eigenvalue weighted by molar-refractivity contribution is 5.97. The molecule has 0 bridgehead atoms. The average molecular weight is 286 g/mol. The first-order valence-electron chi connectivity index (χ1n) is 7.23. The quantitative estimate of drug-likeness (QED) is 0.790. The molecule has 0 aliphatic rings. The molecule has 0 saturated carbocycles. The highest BCUT2D eigenvalue weighted by atomic mass is 16.1. The van der Waals surface area contributed by atoms with E-state index in [2.05, 4.69) is 28.5 Å². The Morgan fingerprint density at radius 1 is 1.33 bits per heavy atom. The van der Waals surface area contributed by atoms with Crippen molar-refractivity contribution in [3.8, 4) is 0 Å². The number of carbonyl (C=O) groups is 1. The second kappa shape index (κ2) is 6.43. The van der Waals surface area contributed by atoms with Gasteiger partial charge < -0.3 is 11.1 Å². The van der Waals surface area contributed by atoms with Gasteiger partial charge in [-0.25, -0.2) is 0 Å². The molecule has 1 aromatic heterocycles.